The largest absolute Gasteiger partial charge is 0.507 e. The molecule has 13 heavy (non-hydrogen) atoms. The molecule has 0 atom stereocenters. The van der Waals surface area contributed by atoms with E-state index < -0.39 is 0 Å². The van der Waals surface area contributed by atoms with E-state index in [0.29, 0.717) is 16.1 Å². The van der Waals surface area contributed by atoms with Gasteiger partial charge in [-0.1, -0.05) is 16.8 Å². The second-order valence-electron chi connectivity index (χ2n) is 2.81. The first kappa shape index (κ1) is 9.86. The molecule has 0 aliphatic carbocycles. The van der Waals surface area contributed by atoms with Crippen molar-refractivity contribution in [2.45, 2.75) is 13.8 Å². The van der Waals surface area contributed by atoms with Crippen LogP contribution in [0, 0.1) is 13.8 Å². The minimum absolute atomic E-state index is 0.0669. The predicted octanol–water partition coefficient (Wildman–Crippen LogP) is 2.47. The fourth-order valence-corrected chi connectivity index (χ4v) is 1.33. The van der Waals surface area contributed by atoms with Gasteiger partial charge in [0, 0.05) is 10.6 Å². The van der Waals surface area contributed by atoms with Gasteiger partial charge >= 0.3 is 0 Å². The van der Waals surface area contributed by atoms with Crippen LogP contribution in [0.25, 0.3) is 0 Å². The van der Waals surface area contributed by atoms with Crippen molar-refractivity contribution >= 4 is 17.8 Å². The molecule has 1 aromatic carbocycles. The molecule has 0 unspecified atom stereocenters. The third kappa shape index (κ3) is 1.75. The number of aryl methyl sites for hydroxylation is 1. The summed E-state index contributed by atoms with van der Waals surface area (Å²) in [6.07, 6.45) is 1.16. The second kappa shape index (κ2) is 3.66. The van der Waals surface area contributed by atoms with Crippen LogP contribution in [0.3, 0.4) is 0 Å². The molecule has 1 rings (SSSR count). The molecule has 70 valence electrons. The highest BCUT2D eigenvalue weighted by Gasteiger charge is 2.09. The van der Waals surface area contributed by atoms with Gasteiger partial charge in [0.05, 0.1) is 6.21 Å². The van der Waals surface area contributed by atoms with Gasteiger partial charge in [0.2, 0.25) is 0 Å². The van der Waals surface area contributed by atoms with Gasteiger partial charge in [0.1, 0.15) is 5.75 Å². The molecule has 0 saturated carbocycles. The van der Waals surface area contributed by atoms with Gasteiger partial charge < -0.3 is 10.3 Å². The smallest absolute Gasteiger partial charge is 0.125 e. The van der Waals surface area contributed by atoms with Gasteiger partial charge in [-0.2, -0.15) is 0 Å². The minimum Gasteiger partial charge on any atom is -0.507 e. The summed E-state index contributed by atoms with van der Waals surface area (Å²) >= 11 is 5.94. The molecule has 2 N–H and O–H groups in total. The highest BCUT2D eigenvalue weighted by molar-refractivity contribution is 6.32. The van der Waals surface area contributed by atoms with Gasteiger partial charge in [0.25, 0.3) is 0 Å². The Balaban J connectivity index is 3.43. The molecule has 0 aliphatic rings. The molecular formula is C9H10ClNO2. The number of phenolic OH excluding ortho intramolecular Hbond substituents is 1. The fraction of sp³-hybridized carbons (Fsp3) is 0.222. The van der Waals surface area contributed by atoms with Crippen LogP contribution in [0.5, 0.6) is 5.75 Å². The predicted molar refractivity (Wildman–Crippen MR) is 52.0 cm³/mol. The lowest BCUT2D eigenvalue weighted by Crippen LogP contribution is -1.91. The van der Waals surface area contributed by atoms with Crippen LogP contribution in [0.4, 0.5) is 0 Å². The summed E-state index contributed by atoms with van der Waals surface area (Å²) in [6, 6.07) is 1.53. The molecule has 0 fully saturated rings. The van der Waals surface area contributed by atoms with E-state index >= 15 is 0 Å². The van der Waals surface area contributed by atoms with Gasteiger partial charge in [0.15, 0.2) is 0 Å². The van der Waals surface area contributed by atoms with E-state index in [-0.39, 0.29) is 5.75 Å². The molecule has 0 heterocycles. The maximum absolute atomic E-state index is 9.47. The van der Waals surface area contributed by atoms with E-state index in [9.17, 15) is 5.11 Å². The van der Waals surface area contributed by atoms with Gasteiger partial charge in [-0.15, -0.1) is 0 Å². The third-order valence-corrected chi connectivity index (χ3v) is 2.48. The van der Waals surface area contributed by atoms with Gasteiger partial charge in [-0.25, -0.2) is 0 Å². The standard InChI is InChI=1S/C9H10ClNO2/c1-5-3-8(12)7(4-11-13)6(2)9(5)10/h3-4,12-13H,1-2H3. The Morgan fingerprint density at radius 1 is 1.46 bits per heavy atom. The number of nitrogens with zero attached hydrogens (tertiary/aromatic N) is 1. The molecular weight excluding hydrogens is 190 g/mol. The summed E-state index contributed by atoms with van der Waals surface area (Å²) in [4.78, 5) is 0. The van der Waals surface area contributed by atoms with Crippen LogP contribution >= 0.6 is 11.6 Å². The summed E-state index contributed by atoms with van der Waals surface area (Å²) in [7, 11) is 0. The number of oxime groups is 1. The number of hydrogen-bond acceptors (Lipinski definition) is 3. The van der Waals surface area contributed by atoms with Crippen LogP contribution in [0.2, 0.25) is 5.02 Å². The van der Waals surface area contributed by atoms with E-state index in [2.05, 4.69) is 5.16 Å². The van der Waals surface area contributed by atoms with E-state index in [1.54, 1.807) is 13.8 Å². The molecule has 0 bridgehead atoms. The number of rotatable bonds is 1. The molecule has 0 aliphatic heterocycles. The Morgan fingerprint density at radius 3 is 2.62 bits per heavy atom. The van der Waals surface area contributed by atoms with Crippen molar-refractivity contribution < 1.29 is 10.3 Å². The SMILES string of the molecule is Cc1cc(O)c(C=NO)c(C)c1Cl. The molecule has 0 spiro atoms. The van der Waals surface area contributed by atoms with Crippen molar-refractivity contribution in [2.24, 2.45) is 5.16 Å². The molecule has 0 amide bonds. The molecule has 0 aromatic heterocycles. The first-order chi connectivity index (χ1) is 6.07. The van der Waals surface area contributed by atoms with Gasteiger partial charge in [-0.3, -0.25) is 0 Å². The average molecular weight is 200 g/mol. The molecule has 0 saturated heterocycles. The summed E-state index contributed by atoms with van der Waals surface area (Å²) in [5.74, 6) is 0.0669. The maximum Gasteiger partial charge on any atom is 0.125 e. The number of hydrogen-bond donors (Lipinski definition) is 2. The Hall–Kier alpha value is -1.22. The lowest BCUT2D eigenvalue weighted by atomic mass is 10.1. The fourth-order valence-electron chi connectivity index (χ4n) is 1.17. The number of aromatic hydroxyl groups is 1. The highest BCUT2D eigenvalue weighted by Crippen LogP contribution is 2.29. The van der Waals surface area contributed by atoms with Crippen molar-refractivity contribution in [3.63, 3.8) is 0 Å². The van der Waals surface area contributed by atoms with Crippen molar-refractivity contribution in [3.8, 4) is 5.75 Å². The Bertz CT molecular complexity index is 361. The van der Waals surface area contributed by atoms with Crippen LogP contribution < -0.4 is 0 Å². The zero-order valence-corrected chi connectivity index (χ0v) is 8.13. The van der Waals surface area contributed by atoms with Crippen LogP contribution in [0.15, 0.2) is 11.2 Å². The zero-order chi connectivity index (χ0) is 10.0. The van der Waals surface area contributed by atoms with E-state index in [1.165, 1.54) is 6.07 Å². The molecule has 0 radical (unpaired) electrons. The maximum atomic E-state index is 9.47. The van der Waals surface area contributed by atoms with E-state index in [4.69, 9.17) is 16.8 Å². The molecule has 4 heteroatoms. The first-order valence-electron chi connectivity index (χ1n) is 3.74. The molecule has 3 nitrogen and oxygen atoms in total. The summed E-state index contributed by atoms with van der Waals surface area (Å²) in [5, 5.41) is 21.2. The number of benzene rings is 1. The summed E-state index contributed by atoms with van der Waals surface area (Å²) in [5.41, 5.74) is 1.95. The van der Waals surface area contributed by atoms with Crippen LogP contribution in [-0.4, -0.2) is 16.5 Å². The van der Waals surface area contributed by atoms with Crippen molar-refractivity contribution in [1.82, 2.24) is 0 Å². The topological polar surface area (TPSA) is 52.8 Å². The summed E-state index contributed by atoms with van der Waals surface area (Å²) < 4.78 is 0. The van der Waals surface area contributed by atoms with Crippen molar-refractivity contribution in [2.75, 3.05) is 0 Å². The Morgan fingerprint density at radius 2 is 2.08 bits per heavy atom. The molecule has 1 aromatic rings. The quantitative estimate of drug-likeness (QED) is 0.415. The lowest BCUT2D eigenvalue weighted by Gasteiger charge is -2.07. The third-order valence-electron chi connectivity index (χ3n) is 1.90. The number of halogens is 1. The van der Waals surface area contributed by atoms with E-state index in [1.807, 2.05) is 0 Å². The van der Waals surface area contributed by atoms with Crippen molar-refractivity contribution in [3.05, 3.63) is 27.8 Å². The van der Waals surface area contributed by atoms with Crippen LogP contribution in [-0.2, 0) is 0 Å². The lowest BCUT2D eigenvalue weighted by molar-refractivity contribution is 0.321. The Labute approximate surface area is 81.3 Å². The average Bonchev–Trinajstić information content (AvgIpc) is 2.09. The normalized spacial score (nSPS) is 11.0. The van der Waals surface area contributed by atoms with E-state index in [0.717, 1.165) is 11.8 Å². The monoisotopic (exact) mass is 199 g/mol. The highest BCUT2D eigenvalue weighted by atomic mass is 35.5. The zero-order valence-electron chi connectivity index (χ0n) is 7.37. The Kier molecular flexibility index (Phi) is 2.78. The van der Waals surface area contributed by atoms with Gasteiger partial charge in [-0.05, 0) is 31.0 Å². The van der Waals surface area contributed by atoms with Crippen LogP contribution in [0.1, 0.15) is 16.7 Å². The minimum atomic E-state index is 0.0669. The number of phenols is 1. The second-order valence-corrected chi connectivity index (χ2v) is 3.19. The van der Waals surface area contributed by atoms with Crippen molar-refractivity contribution in [1.29, 1.82) is 0 Å². The summed E-state index contributed by atoms with van der Waals surface area (Å²) in [6.45, 7) is 3.56. The first-order valence-corrected chi connectivity index (χ1v) is 4.11.